The number of rotatable bonds is 5. The second-order valence-electron chi connectivity index (χ2n) is 6.16. The number of carbonyl (C=O) groups is 1. The molecule has 1 N–H and O–H groups in total. The second kappa shape index (κ2) is 7.48. The van der Waals surface area contributed by atoms with Gasteiger partial charge in [0, 0.05) is 13.1 Å². The molecule has 1 aliphatic heterocycles. The third-order valence-corrected chi connectivity index (χ3v) is 4.31. The van der Waals surface area contributed by atoms with E-state index in [1.807, 2.05) is 24.3 Å². The van der Waals surface area contributed by atoms with E-state index >= 15 is 0 Å². The van der Waals surface area contributed by atoms with Gasteiger partial charge in [-0.15, -0.1) is 0 Å². The molecule has 3 aromatic rings. The van der Waals surface area contributed by atoms with Crippen LogP contribution in [0.25, 0.3) is 11.0 Å². The summed E-state index contributed by atoms with van der Waals surface area (Å²) in [5, 5.41) is 2.78. The number of anilines is 1. The standard InChI is InChI=1S/C18H19N7O2/c1-27-18-23-15(22-17(24-18)25-8-4-5-9-25)11-20-16(26)14-10-19-12-6-2-3-7-13(12)21-14/h2-3,6-7,10H,4-5,8-9,11H2,1H3,(H,20,26). The number of para-hydroxylation sites is 2. The van der Waals surface area contributed by atoms with Crippen LogP contribution in [0.2, 0.25) is 0 Å². The minimum atomic E-state index is -0.338. The average Bonchev–Trinajstić information content (AvgIpc) is 3.26. The van der Waals surface area contributed by atoms with Gasteiger partial charge in [0.1, 0.15) is 5.69 Å². The largest absolute Gasteiger partial charge is 0.467 e. The maximum Gasteiger partial charge on any atom is 0.321 e. The van der Waals surface area contributed by atoms with Gasteiger partial charge < -0.3 is 15.0 Å². The molecule has 1 amide bonds. The van der Waals surface area contributed by atoms with Gasteiger partial charge in [-0.25, -0.2) is 4.98 Å². The number of benzene rings is 1. The van der Waals surface area contributed by atoms with Crippen molar-refractivity contribution in [3.63, 3.8) is 0 Å². The highest BCUT2D eigenvalue weighted by Crippen LogP contribution is 2.17. The Morgan fingerprint density at radius 1 is 1.11 bits per heavy atom. The summed E-state index contributed by atoms with van der Waals surface area (Å²) in [5.41, 5.74) is 1.66. The van der Waals surface area contributed by atoms with Crippen LogP contribution in [0.4, 0.5) is 5.95 Å². The Bertz CT molecular complexity index is 973. The minimum absolute atomic E-state index is 0.146. The molecule has 0 radical (unpaired) electrons. The molecule has 0 spiro atoms. The first-order valence-electron chi connectivity index (χ1n) is 8.77. The predicted octanol–water partition coefficient (Wildman–Crippen LogP) is 1.35. The van der Waals surface area contributed by atoms with E-state index in [1.54, 1.807) is 0 Å². The normalized spacial score (nSPS) is 13.7. The van der Waals surface area contributed by atoms with Gasteiger partial charge in [0.05, 0.1) is 30.9 Å². The fraction of sp³-hybridized carbons (Fsp3) is 0.333. The fourth-order valence-corrected chi connectivity index (χ4v) is 2.93. The van der Waals surface area contributed by atoms with E-state index in [0.717, 1.165) is 31.4 Å². The summed E-state index contributed by atoms with van der Waals surface area (Å²) in [4.78, 5) is 36.1. The van der Waals surface area contributed by atoms with Gasteiger partial charge in [0.2, 0.25) is 5.95 Å². The van der Waals surface area contributed by atoms with Crippen molar-refractivity contribution < 1.29 is 9.53 Å². The zero-order valence-corrected chi connectivity index (χ0v) is 14.9. The third kappa shape index (κ3) is 3.76. The maximum absolute atomic E-state index is 12.4. The molecule has 2 aromatic heterocycles. The predicted molar refractivity (Wildman–Crippen MR) is 98.5 cm³/mol. The van der Waals surface area contributed by atoms with E-state index in [0.29, 0.717) is 17.3 Å². The molecule has 1 fully saturated rings. The van der Waals surface area contributed by atoms with Crippen molar-refractivity contribution in [3.05, 3.63) is 42.0 Å². The molecule has 4 rings (SSSR count). The maximum atomic E-state index is 12.4. The van der Waals surface area contributed by atoms with E-state index < -0.39 is 0 Å². The topological polar surface area (TPSA) is 106 Å². The van der Waals surface area contributed by atoms with Crippen LogP contribution in [0, 0.1) is 0 Å². The van der Waals surface area contributed by atoms with Crippen LogP contribution in [0.3, 0.4) is 0 Å². The molecular formula is C18H19N7O2. The Hall–Kier alpha value is -3.36. The highest BCUT2D eigenvalue weighted by Gasteiger charge is 2.18. The number of hydrogen-bond acceptors (Lipinski definition) is 8. The number of carbonyl (C=O) groups excluding carboxylic acids is 1. The molecule has 138 valence electrons. The molecule has 0 unspecified atom stereocenters. The van der Waals surface area contributed by atoms with Gasteiger partial charge in [0.15, 0.2) is 5.82 Å². The SMILES string of the molecule is COc1nc(CNC(=O)c2cnc3ccccc3n2)nc(N2CCCC2)n1. The summed E-state index contributed by atoms with van der Waals surface area (Å²) in [5.74, 6) is 0.676. The van der Waals surface area contributed by atoms with Gasteiger partial charge in [-0.05, 0) is 25.0 Å². The van der Waals surface area contributed by atoms with Crippen LogP contribution in [-0.4, -0.2) is 51.0 Å². The summed E-state index contributed by atoms with van der Waals surface area (Å²) in [6.45, 7) is 1.96. The Labute approximate surface area is 155 Å². The monoisotopic (exact) mass is 365 g/mol. The first-order valence-corrected chi connectivity index (χ1v) is 8.77. The number of nitrogens with zero attached hydrogens (tertiary/aromatic N) is 6. The number of amides is 1. The van der Waals surface area contributed by atoms with Crippen molar-refractivity contribution in [2.24, 2.45) is 0 Å². The van der Waals surface area contributed by atoms with Crippen molar-refractivity contribution in [2.75, 3.05) is 25.1 Å². The number of ether oxygens (including phenoxy) is 1. The number of aromatic nitrogens is 5. The Morgan fingerprint density at radius 2 is 1.89 bits per heavy atom. The molecule has 1 aromatic carbocycles. The van der Waals surface area contributed by atoms with Crippen molar-refractivity contribution in [1.82, 2.24) is 30.2 Å². The molecule has 1 aliphatic rings. The van der Waals surface area contributed by atoms with Crippen molar-refractivity contribution in [2.45, 2.75) is 19.4 Å². The number of hydrogen-bond donors (Lipinski definition) is 1. The summed E-state index contributed by atoms with van der Waals surface area (Å²) < 4.78 is 5.17. The van der Waals surface area contributed by atoms with Gasteiger partial charge in [-0.2, -0.15) is 15.0 Å². The molecule has 0 aliphatic carbocycles. The van der Waals surface area contributed by atoms with E-state index in [9.17, 15) is 4.79 Å². The molecule has 0 atom stereocenters. The fourth-order valence-electron chi connectivity index (χ4n) is 2.93. The summed E-state index contributed by atoms with van der Waals surface area (Å²) >= 11 is 0. The van der Waals surface area contributed by atoms with E-state index in [4.69, 9.17) is 4.74 Å². The van der Waals surface area contributed by atoms with Crippen LogP contribution in [0.1, 0.15) is 29.2 Å². The Kier molecular flexibility index (Phi) is 4.73. The molecule has 1 saturated heterocycles. The Morgan fingerprint density at radius 3 is 2.67 bits per heavy atom. The van der Waals surface area contributed by atoms with E-state index in [-0.39, 0.29) is 24.2 Å². The van der Waals surface area contributed by atoms with Crippen LogP contribution >= 0.6 is 0 Å². The zero-order valence-electron chi connectivity index (χ0n) is 14.9. The van der Waals surface area contributed by atoms with Crippen LogP contribution in [0.5, 0.6) is 6.01 Å². The molecular weight excluding hydrogens is 346 g/mol. The quantitative estimate of drug-likeness (QED) is 0.722. The van der Waals surface area contributed by atoms with E-state index in [1.165, 1.54) is 13.3 Å². The second-order valence-corrected chi connectivity index (χ2v) is 6.16. The van der Waals surface area contributed by atoms with Gasteiger partial charge in [0.25, 0.3) is 5.91 Å². The summed E-state index contributed by atoms with van der Waals surface area (Å²) in [6, 6.07) is 7.64. The lowest BCUT2D eigenvalue weighted by molar-refractivity contribution is 0.0944. The molecule has 27 heavy (non-hydrogen) atoms. The number of nitrogens with one attached hydrogen (secondary N) is 1. The molecule has 3 heterocycles. The molecule has 0 bridgehead atoms. The van der Waals surface area contributed by atoms with Crippen molar-refractivity contribution in [1.29, 1.82) is 0 Å². The first-order chi connectivity index (χ1) is 13.2. The van der Waals surface area contributed by atoms with E-state index in [2.05, 4.69) is 35.1 Å². The summed E-state index contributed by atoms with van der Waals surface area (Å²) in [6.07, 6.45) is 3.68. The zero-order chi connectivity index (χ0) is 18.6. The smallest absolute Gasteiger partial charge is 0.321 e. The van der Waals surface area contributed by atoms with Gasteiger partial charge in [-0.3, -0.25) is 9.78 Å². The average molecular weight is 365 g/mol. The number of methoxy groups -OCH3 is 1. The molecule has 9 nitrogen and oxygen atoms in total. The van der Waals surface area contributed by atoms with Crippen molar-refractivity contribution in [3.8, 4) is 6.01 Å². The molecule has 9 heteroatoms. The lowest BCUT2D eigenvalue weighted by Gasteiger charge is -2.16. The highest BCUT2D eigenvalue weighted by atomic mass is 16.5. The lowest BCUT2D eigenvalue weighted by atomic mass is 10.3. The van der Waals surface area contributed by atoms with Crippen LogP contribution in [0.15, 0.2) is 30.5 Å². The Balaban J connectivity index is 1.49. The highest BCUT2D eigenvalue weighted by molar-refractivity contribution is 5.93. The molecule has 0 saturated carbocycles. The van der Waals surface area contributed by atoms with Crippen LogP contribution in [-0.2, 0) is 6.54 Å². The third-order valence-electron chi connectivity index (χ3n) is 4.31. The van der Waals surface area contributed by atoms with Crippen LogP contribution < -0.4 is 15.0 Å². The van der Waals surface area contributed by atoms with Gasteiger partial charge in [-0.1, -0.05) is 12.1 Å². The first kappa shape index (κ1) is 17.1. The minimum Gasteiger partial charge on any atom is -0.467 e. The number of fused-ring (bicyclic) bond motifs is 1. The van der Waals surface area contributed by atoms with Crippen molar-refractivity contribution >= 4 is 22.9 Å². The lowest BCUT2D eigenvalue weighted by Crippen LogP contribution is -2.27. The van der Waals surface area contributed by atoms with Gasteiger partial charge >= 0.3 is 6.01 Å². The summed E-state index contributed by atoms with van der Waals surface area (Å²) in [7, 11) is 1.51.